The SMILES string of the molecule is CCc1ccc(CC(CSc2ccccc2Cl)NN)nc1. The fourth-order valence-electron chi connectivity index (χ4n) is 1.96. The van der Waals surface area contributed by atoms with Gasteiger partial charge >= 0.3 is 0 Å². The molecule has 3 nitrogen and oxygen atoms in total. The molecule has 1 aromatic heterocycles. The highest BCUT2D eigenvalue weighted by molar-refractivity contribution is 7.99. The van der Waals surface area contributed by atoms with Crippen molar-refractivity contribution >= 4 is 23.4 Å². The van der Waals surface area contributed by atoms with Crippen LogP contribution < -0.4 is 11.3 Å². The molecule has 2 rings (SSSR count). The van der Waals surface area contributed by atoms with Gasteiger partial charge in [0.15, 0.2) is 0 Å². The maximum atomic E-state index is 6.16. The van der Waals surface area contributed by atoms with Crippen molar-refractivity contribution in [2.75, 3.05) is 5.75 Å². The van der Waals surface area contributed by atoms with E-state index in [0.717, 1.165) is 34.2 Å². The molecule has 0 aliphatic heterocycles. The van der Waals surface area contributed by atoms with Crippen LogP contribution in [0.15, 0.2) is 47.5 Å². The lowest BCUT2D eigenvalue weighted by atomic mass is 10.1. The summed E-state index contributed by atoms with van der Waals surface area (Å²) >= 11 is 7.86. The number of aromatic nitrogens is 1. The third-order valence-electron chi connectivity index (χ3n) is 3.26. The van der Waals surface area contributed by atoms with Crippen LogP contribution in [0.5, 0.6) is 0 Å². The zero-order valence-corrected chi connectivity index (χ0v) is 13.6. The van der Waals surface area contributed by atoms with Crippen LogP contribution in [-0.2, 0) is 12.8 Å². The zero-order valence-electron chi connectivity index (χ0n) is 12.1. The Hall–Kier alpha value is -1.07. The Morgan fingerprint density at radius 3 is 2.71 bits per heavy atom. The van der Waals surface area contributed by atoms with E-state index in [9.17, 15) is 0 Å². The van der Waals surface area contributed by atoms with E-state index < -0.39 is 0 Å². The Labute approximate surface area is 135 Å². The van der Waals surface area contributed by atoms with Gasteiger partial charge in [-0.25, -0.2) is 0 Å². The van der Waals surface area contributed by atoms with Gasteiger partial charge in [-0.3, -0.25) is 16.3 Å². The molecule has 2 aromatic rings. The number of thioether (sulfide) groups is 1. The number of rotatable bonds is 7. The molecule has 5 heteroatoms. The topological polar surface area (TPSA) is 50.9 Å². The van der Waals surface area contributed by atoms with E-state index in [1.54, 1.807) is 11.8 Å². The van der Waals surface area contributed by atoms with E-state index in [1.807, 2.05) is 30.5 Å². The first kappa shape index (κ1) is 16.3. The number of hydrogen-bond donors (Lipinski definition) is 2. The van der Waals surface area contributed by atoms with Gasteiger partial charge in [0.25, 0.3) is 0 Å². The minimum Gasteiger partial charge on any atom is -0.271 e. The molecule has 1 atom stereocenters. The van der Waals surface area contributed by atoms with Crippen LogP contribution in [0.3, 0.4) is 0 Å². The first-order chi connectivity index (χ1) is 10.2. The second-order valence-electron chi connectivity index (χ2n) is 4.82. The quantitative estimate of drug-likeness (QED) is 0.466. The number of hydrogen-bond acceptors (Lipinski definition) is 4. The van der Waals surface area contributed by atoms with Crippen LogP contribution >= 0.6 is 23.4 Å². The summed E-state index contributed by atoms with van der Waals surface area (Å²) in [6, 6.07) is 12.2. The molecule has 1 unspecified atom stereocenters. The van der Waals surface area contributed by atoms with E-state index in [4.69, 9.17) is 17.4 Å². The molecular formula is C16H20ClN3S. The highest BCUT2D eigenvalue weighted by atomic mass is 35.5. The molecule has 0 saturated carbocycles. The molecule has 1 aromatic carbocycles. The molecule has 0 radical (unpaired) electrons. The van der Waals surface area contributed by atoms with Crippen LogP contribution in [-0.4, -0.2) is 16.8 Å². The lowest BCUT2D eigenvalue weighted by Crippen LogP contribution is -2.38. The van der Waals surface area contributed by atoms with Gasteiger partial charge < -0.3 is 0 Å². The van der Waals surface area contributed by atoms with E-state index in [2.05, 4.69) is 29.5 Å². The molecule has 21 heavy (non-hydrogen) atoms. The summed E-state index contributed by atoms with van der Waals surface area (Å²) in [6.45, 7) is 2.13. The number of benzene rings is 1. The Morgan fingerprint density at radius 2 is 2.10 bits per heavy atom. The standard InChI is InChI=1S/C16H20ClN3S/c1-2-12-7-8-13(19-10-12)9-14(20-18)11-21-16-6-4-3-5-15(16)17/h3-8,10,14,20H,2,9,11,18H2,1H3. The number of aryl methyl sites for hydroxylation is 1. The fraction of sp³-hybridized carbons (Fsp3) is 0.312. The summed E-state index contributed by atoms with van der Waals surface area (Å²) in [5.41, 5.74) is 5.17. The molecular weight excluding hydrogens is 302 g/mol. The maximum absolute atomic E-state index is 6.16. The first-order valence-corrected chi connectivity index (χ1v) is 8.36. The van der Waals surface area contributed by atoms with Gasteiger partial charge in [-0.1, -0.05) is 36.7 Å². The van der Waals surface area contributed by atoms with Crippen molar-refractivity contribution in [3.8, 4) is 0 Å². The van der Waals surface area contributed by atoms with E-state index in [-0.39, 0.29) is 6.04 Å². The Kier molecular flexibility index (Phi) is 6.51. The monoisotopic (exact) mass is 321 g/mol. The van der Waals surface area contributed by atoms with Crippen molar-refractivity contribution in [1.82, 2.24) is 10.4 Å². The molecule has 0 amide bonds. The number of halogens is 1. The number of nitrogens with one attached hydrogen (secondary N) is 1. The van der Waals surface area contributed by atoms with Crippen molar-refractivity contribution in [2.45, 2.75) is 30.7 Å². The Morgan fingerprint density at radius 1 is 1.29 bits per heavy atom. The minimum absolute atomic E-state index is 0.159. The summed E-state index contributed by atoms with van der Waals surface area (Å²) in [7, 11) is 0. The maximum Gasteiger partial charge on any atom is 0.0541 e. The second kappa shape index (κ2) is 8.39. The fourth-order valence-corrected chi connectivity index (χ4v) is 3.23. The predicted octanol–water partition coefficient (Wildman–Crippen LogP) is 3.46. The molecule has 0 spiro atoms. The molecule has 3 N–H and O–H groups in total. The van der Waals surface area contributed by atoms with Crippen LogP contribution in [0, 0.1) is 0 Å². The second-order valence-corrected chi connectivity index (χ2v) is 6.29. The highest BCUT2D eigenvalue weighted by Crippen LogP contribution is 2.27. The number of nitrogens with two attached hydrogens (primary N) is 1. The molecule has 0 aliphatic rings. The van der Waals surface area contributed by atoms with Gasteiger partial charge in [-0.15, -0.1) is 11.8 Å². The van der Waals surface area contributed by atoms with E-state index >= 15 is 0 Å². The third-order valence-corrected chi connectivity index (χ3v) is 4.94. The van der Waals surface area contributed by atoms with E-state index in [1.165, 1.54) is 5.56 Å². The van der Waals surface area contributed by atoms with Gasteiger partial charge in [0, 0.05) is 35.0 Å². The predicted molar refractivity (Wildman–Crippen MR) is 90.6 cm³/mol. The van der Waals surface area contributed by atoms with Crippen molar-refractivity contribution in [3.05, 3.63) is 58.9 Å². The summed E-state index contributed by atoms with van der Waals surface area (Å²) in [5.74, 6) is 6.50. The normalized spacial score (nSPS) is 12.3. The molecule has 112 valence electrons. The van der Waals surface area contributed by atoms with Crippen molar-refractivity contribution in [1.29, 1.82) is 0 Å². The molecule has 0 bridgehead atoms. The Bertz CT molecular complexity index is 560. The molecule has 0 aliphatic carbocycles. The first-order valence-electron chi connectivity index (χ1n) is 7.00. The van der Waals surface area contributed by atoms with Gasteiger partial charge in [-0.05, 0) is 30.2 Å². The molecule has 1 heterocycles. The van der Waals surface area contributed by atoms with Crippen LogP contribution in [0.2, 0.25) is 5.02 Å². The lowest BCUT2D eigenvalue weighted by molar-refractivity contribution is 0.569. The summed E-state index contributed by atoms with van der Waals surface area (Å²) in [4.78, 5) is 5.56. The smallest absolute Gasteiger partial charge is 0.0541 e. The average Bonchev–Trinajstić information content (AvgIpc) is 2.53. The van der Waals surface area contributed by atoms with Crippen molar-refractivity contribution in [3.63, 3.8) is 0 Å². The van der Waals surface area contributed by atoms with Gasteiger partial charge in [0.2, 0.25) is 0 Å². The average molecular weight is 322 g/mol. The summed E-state index contributed by atoms with van der Waals surface area (Å²) < 4.78 is 0. The number of nitrogens with zero attached hydrogens (tertiary/aromatic N) is 1. The highest BCUT2D eigenvalue weighted by Gasteiger charge is 2.10. The van der Waals surface area contributed by atoms with Gasteiger partial charge in [0.1, 0.15) is 0 Å². The van der Waals surface area contributed by atoms with Crippen molar-refractivity contribution < 1.29 is 0 Å². The lowest BCUT2D eigenvalue weighted by Gasteiger charge is -2.15. The summed E-state index contributed by atoms with van der Waals surface area (Å²) in [6.07, 6.45) is 3.75. The van der Waals surface area contributed by atoms with Gasteiger partial charge in [-0.2, -0.15) is 0 Å². The van der Waals surface area contributed by atoms with Crippen molar-refractivity contribution in [2.24, 2.45) is 5.84 Å². The van der Waals surface area contributed by atoms with Crippen LogP contribution in [0.4, 0.5) is 0 Å². The van der Waals surface area contributed by atoms with Crippen LogP contribution in [0.1, 0.15) is 18.2 Å². The molecule has 0 saturated heterocycles. The molecule has 0 fully saturated rings. The number of pyridine rings is 1. The minimum atomic E-state index is 0.159. The summed E-state index contributed by atoms with van der Waals surface area (Å²) in [5, 5.41) is 0.781. The largest absolute Gasteiger partial charge is 0.271 e. The van der Waals surface area contributed by atoms with E-state index in [0.29, 0.717) is 0 Å². The number of hydrazine groups is 1. The third kappa shape index (κ3) is 5.00. The Balaban J connectivity index is 1.92. The van der Waals surface area contributed by atoms with Crippen LogP contribution in [0.25, 0.3) is 0 Å². The zero-order chi connectivity index (χ0) is 15.1. The van der Waals surface area contributed by atoms with Gasteiger partial charge in [0.05, 0.1) is 5.02 Å².